The second-order valence-electron chi connectivity index (χ2n) is 4.63. The molecule has 108 valence electrons. The minimum Gasteiger partial charge on any atom is -0.368 e. The number of nitrogens with one attached hydrogen (secondary N) is 1. The van der Waals surface area contributed by atoms with Gasteiger partial charge >= 0.3 is 0 Å². The maximum atomic E-state index is 13.9. The lowest BCUT2D eigenvalue weighted by Gasteiger charge is -2.28. The molecule has 0 aliphatic carbocycles. The van der Waals surface area contributed by atoms with E-state index in [1.54, 1.807) is 11.9 Å². The summed E-state index contributed by atoms with van der Waals surface area (Å²) in [4.78, 5) is 5.87. The van der Waals surface area contributed by atoms with E-state index in [2.05, 4.69) is 10.3 Å². The summed E-state index contributed by atoms with van der Waals surface area (Å²) in [6.07, 6.45) is 2.64. The van der Waals surface area contributed by atoms with Crippen LogP contribution in [0.5, 0.6) is 0 Å². The molecule has 0 aliphatic heterocycles. The molecule has 0 fully saturated rings. The highest BCUT2D eigenvalue weighted by molar-refractivity contribution is 5.49. The monoisotopic (exact) mass is 271 g/mol. The van der Waals surface area contributed by atoms with E-state index in [1.807, 2.05) is 20.8 Å². The van der Waals surface area contributed by atoms with Gasteiger partial charge < -0.3 is 10.2 Å². The van der Waals surface area contributed by atoms with Crippen LogP contribution in [0.4, 0.5) is 20.4 Å². The summed E-state index contributed by atoms with van der Waals surface area (Å²) in [7, 11) is 1.80. The Morgan fingerprint density at radius 3 is 2.37 bits per heavy atom. The Labute approximate surface area is 114 Å². The molecule has 1 N–H and O–H groups in total. The SMILES string of the molecule is CCCNc1nc(N(C)C(CC)CC)c(F)cc1F. The largest absolute Gasteiger partial charge is 0.368 e. The third-order valence-corrected chi connectivity index (χ3v) is 3.28. The molecular weight excluding hydrogens is 248 g/mol. The standard InChI is InChI=1S/C14H23F2N3/c1-5-8-17-13-11(15)9-12(16)14(18-13)19(4)10(6-2)7-3/h9-10H,5-8H2,1-4H3,(H,17,18). The summed E-state index contributed by atoms with van der Waals surface area (Å²) in [5, 5.41) is 2.88. The van der Waals surface area contributed by atoms with Crippen LogP contribution in [0.15, 0.2) is 6.07 Å². The summed E-state index contributed by atoms with van der Waals surface area (Å²) in [5.41, 5.74) is 0. The van der Waals surface area contributed by atoms with E-state index in [1.165, 1.54) is 0 Å². The van der Waals surface area contributed by atoms with Crippen LogP contribution in [-0.2, 0) is 0 Å². The second-order valence-corrected chi connectivity index (χ2v) is 4.63. The zero-order chi connectivity index (χ0) is 14.4. The quantitative estimate of drug-likeness (QED) is 0.817. The van der Waals surface area contributed by atoms with Crippen molar-refractivity contribution in [3.8, 4) is 0 Å². The Hall–Kier alpha value is -1.39. The molecule has 1 rings (SSSR count). The Bertz CT molecular complexity index is 406. The van der Waals surface area contributed by atoms with Crippen molar-refractivity contribution in [1.82, 2.24) is 4.98 Å². The second kappa shape index (κ2) is 7.26. The van der Waals surface area contributed by atoms with Gasteiger partial charge in [-0.2, -0.15) is 0 Å². The first kappa shape index (κ1) is 15.7. The Balaban J connectivity index is 3.05. The number of halogens is 2. The summed E-state index contributed by atoms with van der Waals surface area (Å²) >= 11 is 0. The molecule has 19 heavy (non-hydrogen) atoms. The number of pyridine rings is 1. The van der Waals surface area contributed by atoms with Gasteiger partial charge in [-0.1, -0.05) is 20.8 Å². The lowest BCUT2D eigenvalue weighted by Crippen LogP contribution is -2.32. The average Bonchev–Trinajstić information content (AvgIpc) is 2.39. The molecule has 1 aromatic heterocycles. The third-order valence-electron chi connectivity index (χ3n) is 3.28. The van der Waals surface area contributed by atoms with Gasteiger partial charge in [-0.3, -0.25) is 0 Å². The highest BCUT2D eigenvalue weighted by atomic mass is 19.1. The lowest BCUT2D eigenvalue weighted by molar-refractivity contribution is 0.543. The highest BCUT2D eigenvalue weighted by Gasteiger charge is 2.19. The molecule has 0 spiro atoms. The van der Waals surface area contributed by atoms with E-state index >= 15 is 0 Å². The first-order valence-electron chi connectivity index (χ1n) is 6.87. The third kappa shape index (κ3) is 3.78. The van der Waals surface area contributed by atoms with E-state index in [0.717, 1.165) is 25.3 Å². The molecule has 0 radical (unpaired) electrons. The van der Waals surface area contributed by atoms with Crippen LogP contribution in [-0.4, -0.2) is 24.6 Å². The molecule has 0 saturated carbocycles. The zero-order valence-electron chi connectivity index (χ0n) is 12.1. The Morgan fingerprint density at radius 1 is 1.21 bits per heavy atom. The van der Waals surface area contributed by atoms with Crippen LogP contribution in [0.2, 0.25) is 0 Å². The van der Waals surface area contributed by atoms with Crippen molar-refractivity contribution in [2.24, 2.45) is 0 Å². The van der Waals surface area contributed by atoms with Crippen LogP contribution in [0.25, 0.3) is 0 Å². The van der Waals surface area contributed by atoms with Crippen molar-refractivity contribution >= 4 is 11.6 Å². The van der Waals surface area contributed by atoms with Gasteiger partial charge in [0.05, 0.1) is 0 Å². The predicted molar refractivity (Wildman–Crippen MR) is 75.7 cm³/mol. The minimum absolute atomic E-state index is 0.121. The average molecular weight is 271 g/mol. The Kier molecular flexibility index (Phi) is 5.99. The van der Waals surface area contributed by atoms with E-state index < -0.39 is 11.6 Å². The molecular formula is C14H23F2N3. The fraction of sp³-hybridized carbons (Fsp3) is 0.643. The topological polar surface area (TPSA) is 28.2 Å². The molecule has 0 aliphatic rings. The summed E-state index contributed by atoms with van der Waals surface area (Å²) in [5.74, 6) is -0.939. The number of hydrogen-bond donors (Lipinski definition) is 1. The van der Waals surface area contributed by atoms with Crippen LogP contribution in [0.3, 0.4) is 0 Å². The van der Waals surface area contributed by atoms with Crippen LogP contribution < -0.4 is 10.2 Å². The van der Waals surface area contributed by atoms with Crippen molar-refractivity contribution < 1.29 is 8.78 Å². The van der Waals surface area contributed by atoms with Crippen LogP contribution in [0.1, 0.15) is 40.0 Å². The van der Waals surface area contributed by atoms with Gasteiger partial charge in [0.25, 0.3) is 0 Å². The lowest BCUT2D eigenvalue weighted by atomic mass is 10.1. The van der Waals surface area contributed by atoms with Crippen LogP contribution >= 0.6 is 0 Å². The zero-order valence-corrected chi connectivity index (χ0v) is 12.1. The fourth-order valence-electron chi connectivity index (χ4n) is 2.08. The molecule has 1 aromatic rings. The fourth-order valence-corrected chi connectivity index (χ4v) is 2.08. The number of nitrogens with zero attached hydrogens (tertiary/aromatic N) is 2. The highest BCUT2D eigenvalue weighted by Crippen LogP contribution is 2.24. The van der Waals surface area contributed by atoms with Gasteiger partial charge in [0, 0.05) is 25.7 Å². The molecule has 0 bridgehead atoms. The van der Waals surface area contributed by atoms with Gasteiger partial charge in [0.2, 0.25) is 0 Å². The molecule has 0 saturated heterocycles. The first-order valence-corrected chi connectivity index (χ1v) is 6.87. The van der Waals surface area contributed by atoms with Crippen molar-refractivity contribution in [2.75, 3.05) is 23.8 Å². The molecule has 0 amide bonds. The molecule has 1 heterocycles. The smallest absolute Gasteiger partial charge is 0.168 e. The van der Waals surface area contributed by atoms with Crippen molar-refractivity contribution in [2.45, 2.75) is 46.1 Å². The van der Waals surface area contributed by atoms with E-state index in [9.17, 15) is 8.78 Å². The summed E-state index contributed by atoms with van der Waals surface area (Å²) in [6, 6.07) is 1.10. The minimum atomic E-state index is -0.646. The summed E-state index contributed by atoms with van der Waals surface area (Å²) < 4.78 is 27.5. The molecule has 0 aromatic carbocycles. The van der Waals surface area contributed by atoms with Gasteiger partial charge in [0.1, 0.15) is 0 Å². The van der Waals surface area contributed by atoms with Gasteiger partial charge in [0.15, 0.2) is 23.3 Å². The number of rotatable bonds is 7. The van der Waals surface area contributed by atoms with Crippen LogP contribution in [0, 0.1) is 11.6 Å². The van der Waals surface area contributed by atoms with Gasteiger partial charge in [-0.15, -0.1) is 0 Å². The Morgan fingerprint density at radius 2 is 1.84 bits per heavy atom. The number of aromatic nitrogens is 1. The number of anilines is 2. The number of hydrogen-bond acceptors (Lipinski definition) is 3. The molecule has 5 heteroatoms. The molecule has 0 atom stereocenters. The van der Waals surface area contributed by atoms with Crippen molar-refractivity contribution in [3.05, 3.63) is 17.7 Å². The normalized spacial score (nSPS) is 10.9. The predicted octanol–water partition coefficient (Wildman–Crippen LogP) is 3.81. The molecule has 0 unspecified atom stereocenters. The van der Waals surface area contributed by atoms with Gasteiger partial charge in [-0.25, -0.2) is 13.8 Å². The first-order chi connectivity index (χ1) is 9.04. The van der Waals surface area contributed by atoms with Crippen molar-refractivity contribution in [3.63, 3.8) is 0 Å². The summed E-state index contributed by atoms with van der Waals surface area (Å²) in [6.45, 7) is 6.68. The van der Waals surface area contributed by atoms with Crippen molar-refractivity contribution in [1.29, 1.82) is 0 Å². The molecule has 3 nitrogen and oxygen atoms in total. The van der Waals surface area contributed by atoms with E-state index in [4.69, 9.17) is 0 Å². The van der Waals surface area contributed by atoms with E-state index in [0.29, 0.717) is 6.54 Å². The maximum absolute atomic E-state index is 13.9. The van der Waals surface area contributed by atoms with Gasteiger partial charge in [-0.05, 0) is 19.3 Å². The maximum Gasteiger partial charge on any atom is 0.168 e. The van der Waals surface area contributed by atoms with E-state index in [-0.39, 0.29) is 17.7 Å².